The summed E-state index contributed by atoms with van der Waals surface area (Å²) < 4.78 is 0. The molecule has 152 valence electrons. The second-order valence-corrected chi connectivity index (χ2v) is 7.77. The summed E-state index contributed by atoms with van der Waals surface area (Å²) in [4.78, 5) is 18.2. The maximum Gasteiger partial charge on any atom is 0.261 e. The Labute approximate surface area is 177 Å². The number of para-hydroxylation sites is 1. The van der Waals surface area contributed by atoms with Crippen LogP contribution in [-0.4, -0.2) is 30.5 Å². The van der Waals surface area contributed by atoms with Gasteiger partial charge in [-0.3, -0.25) is 4.79 Å². The van der Waals surface area contributed by atoms with Gasteiger partial charge in [0.2, 0.25) is 0 Å². The van der Waals surface area contributed by atoms with Crippen LogP contribution in [0.4, 0.5) is 5.69 Å². The molecule has 0 saturated carbocycles. The number of nitrogens with one attached hydrogen (secondary N) is 2. The molecule has 1 amide bonds. The minimum absolute atomic E-state index is 0.131. The monoisotopic (exact) mass is 398 g/mol. The average Bonchev–Trinajstić information content (AvgIpc) is 3.43. The largest absolute Gasteiger partial charge is 0.372 e. The Kier molecular flexibility index (Phi) is 5.85. The fraction of sp³-hybridized carbons (Fsp3) is 0.280. The average molecular weight is 399 g/mol. The molecule has 0 atom stereocenters. The first-order chi connectivity index (χ1) is 14.7. The lowest BCUT2D eigenvalue weighted by Gasteiger charge is -2.18. The van der Waals surface area contributed by atoms with Gasteiger partial charge in [0.15, 0.2) is 0 Å². The molecule has 1 saturated heterocycles. The Morgan fingerprint density at radius 1 is 1.23 bits per heavy atom. The van der Waals surface area contributed by atoms with Crippen LogP contribution in [0, 0.1) is 18.3 Å². The molecule has 1 fully saturated rings. The molecule has 5 heteroatoms. The highest BCUT2D eigenvalue weighted by Crippen LogP contribution is 2.24. The predicted octanol–water partition coefficient (Wildman–Crippen LogP) is 4.34. The Hall–Kier alpha value is -3.52. The summed E-state index contributed by atoms with van der Waals surface area (Å²) in [5.74, 6) is -0.333. The SMILES string of the molecule is Cc1cc(N2CCCC2)ccc1/C=C(/C#N)C(=O)NCCc1c[nH]c2ccccc12. The van der Waals surface area contributed by atoms with Crippen LogP contribution in [0.15, 0.2) is 54.2 Å². The molecule has 2 heterocycles. The van der Waals surface area contributed by atoms with Crippen molar-refractivity contribution in [1.82, 2.24) is 10.3 Å². The fourth-order valence-corrected chi connectivity index (χ4v) is 4.04. The van der Waals surface area contributed by atoms with Crippen molar-refractivity contribution in [2.24, 2.45) is 0 Å². The van der Waals surface area contributed by atoms with Gasteiger partial charge in [0.1, 0.15) is 11.6 Å². The molecule has 1 aliphatic heterocycles. The third-order valence-electron chi connectivity index (χ3n) is 5.74. The maximum atomic E-state index is 12.5. The fourth-order valence-electron chi connectivity index (χ4n) is 4.04. The van der Waals surface area contributed by atoms with Gasteiger partial charge in [-0.15, -0.1) is 0 Å². The number of H-pyrrole nitrogens is 1. The molecule has 0 radical (unpaired) electrons. The molecule has 0 unspecified atom stereocenters. The number of anilines is 1. The van der Waals surface area contributed by atoms with Crippen LogP contribution in [0.3, 0.4) is 0 Å². The standard InChI is InChI=1S/C25H26N4O/c1-18-14-22(29-12-4-5-13-29)9-8-19(18)15-21(16-26)25(30)27-11-10-20-17-28-24-7-3-2-6-23(20)24/h2-3,6-9,14-15,17,28H,4-5,10-13H2,1H3,(H,27,30)/b21-15-. The van der Waals surface area contributed by atoms with Crippen LogP contribution in [0.2, 0.25) is 0 Å². The summed E-state index contributed by atoms with van der Waals surface area (Å²) in [6.07, 6.45) is 6.83. The van der Waals surface area contributed by atoms with Crippen LogP contribution in [0.25, 0.3) is 17.0 Å². The lowest BCUT2D eigenvalue weighted by atomic mass is 10.0. The number of aromatic amines is 1. The molecule has 2 N–H and O–H groups in total. The van der Waals surface area contributed by atoms with Crippen LogP contribution in [0.1, 0.15) is 29.5 Å². The van der Waals surface area contributed by atoms with Gasteiger partial charge in [0.05, 0.1) is 0 Å². The first kappa shape index (κ1) is 19.8. The lowest BCUT2D eigenvalue weighted by Crippen LogP contribution is -2.26. The summed E-state index contributed by atoms with van der Waals surface area (Å²) in [5.41, 5.74) is 5.56. The molecule has 1 aromatic heterocycles. The van der Waals surface area contributed by atoms with E-state index < -0.39 is 0 Å². The van der Waals surface area contributed by atoms with E-state index in [1.807, 2.05) is 37.4 Å². The van der Waals surface area contributed by atoms with Crippen molar-refractivity contribution in [1.29, 1.82) is 5.26 Å². The Morgan fingerprint density at radius 3 is 2.80 bits per heavy atom. The molecule has 2 aromatic carbocycles. The van der Waals surface area contributed by atoms with E-state index in [0.29, 0.717) is 13.0 Å². The molecule has 0 spiro atoms. The van der Waals surface area contributed by atoms with Crippen LogP contribution in [-0.2, 0) is 11.2 Å². The van der Waals surface area contributed by atoms with Crippen LogP contribution < -0.4 is 10.2 Å². The lowest BCUT2D eigenvalue weighted by molar-refractivity contribution is -0.117. The van der Waals surface area contributed by atoms with Gasteiger partial charge in [-0.25, -0.2) is 0 Å². The van der Waals surface area contributed by atoms with Gasteiger partial charge in [0, 0.05) is 42.4 Å². The van der Waals surface area contributed by atoms with Gasteiger partial charge in [-0.05, 0) is 67.2 Å². The first-order valence-corrected chi connectivity index (χ1v) is 10.5. The molecule has 1 aliphatic rings. The molecule has 4 rings (SSSR count). The molecular weight excluding hydrogens is 372 g/mol. The molecule has 30 heavy (non-hydrogen) atoms. The van der Waals surface area contributed by atoms with E-state index in [0.717, 1.165) is 40.7 Å². The minimum atomic E-state index is -0.333. The number of nitriles is 1. The van der Waals surface area contributed by atoms with Gasteiger partial charge in [-0.2, -0.15) is 5.26 Å². The molecular formula is C25H26N4O. The second kappa shape index (κ2) is 8.87. The molecule has 5 nitrogen and oxygen atoms in total. The van der Waals surface area contributed by atoms with Gasteiger partial charge < -0.3 is 15.2 Å². The van der Waals surface area contributed by atoms with Crippen molar-refractivity contribution in [2.45, 2.75) is 26.2 Å². The van der Waals surface area contributed by atoms with Crippen molar-refractivity contribution < 1.29 is 4.79 Å². The Morgan fingerprint density at radius 2 is 2.03 bits per heavy atom. The molecule has 3 aromatic rings. The first-order valence-electron chi connectivity index (χ1n) is 10.5. The quantitative estimate of drug-likeness (QED) is 0.479. The van der Waals surface area contributed by atoms with Gasteiger partial charge >= 0.3 is 0 Å². The van der Waals surface area contributed by atoms with E-state index >= 15 is 0 Å². The Balaban J connectivity index is 1.41. The van der Waals surface area contributed by atoms with E-state index in [-0.39, 0.29) is 11.5 Å². The highest BCUT2D eigenvalue weighted by Gasteiger charge is 2.14. The highest BCUT2D eigenvalue weighted by atomic mass is 16.1. The van der Waals surface area contributed by atoms with E-state index in [1.54, 1.807) is 6.08 Å². The maximum absolute atomic E-state index is 12.5. The molecule has 0 bridgehead atoms. The van der Waals surface area contributed by atoms with E-state index in [2.05, 4.69) is 39.5 Å². The van der Waals surface area contributed by atoms with Crippen molar-refractivity contribution in [3.8, 4) is 6.07 Å². The zero-order chi connectivity index (χ0) is 20.9. The minimum Gasteiger partial charge on any atom is -0.372 e. The topological polar surface area (TPSA) is 71.9 Å². The number of rotatable bonds is 6. The Bertz CT molecular complexity index is 1130. The molecule has 0 aliphatic carbocycles. The third kappa shape index (κ3) is 4.23. The number of nitrogens with zero attached hydrogens (tertiary/aromatic N) is 2. The zero-order valence-corrected chi connectivity index (χ0v) is 17.2. The van der Waals surface area contributed by atoms with Gasteiger partial charge in [0.25, 0.3) is 5.91 Å². The van der Waals surface area contributed by atoms with E-state index in [1.165, 1.54) is 18.5 Å². The number of carbonyl (C=O) groups is 1. The van der Waals surface area contributed by atoms with Crippen molar-refractivity contribution >= 4 is 28.6 Å². The van der Waals surface area contributed by atoms with Crippen LogP contribution in [0.5, 0.6) is 0 Å². The number of carbonyl (C=O) groups excluding carboxylic acids is 1. The number of hydrogen-bond acceptors (Lipinski definition) is 3. The summed E-state index contributed by atoms with van der Waals surface area (Å²) in [6, 6.07) is 16.4. The smallest absolute Gasteiger partial charge is 0.261 e. The summed E-state index contributed by atoms with van der Waals surface area (Å²) >= 11 is 0. The zero-order valence-electron chi connectivity index (χ0n) is 17.2. The highest BCUT2D eigenvalue weighted by molar-refractivity contribution is 6.01. The van der Waals surface area contributed by atoms with Gasteiger partial charge in [-0.1, -0.05) is 24.3 Å². The number of fused-ring (bicyclic) bond motifs is 1. The van der Waals surface area contributed by atoms with E-state index in [9.17, 15) is 10.1 Å². The number of aryl methyl sites for hydroxylation is 1. The predicted molar refractivity (Wildman–Crippen MR) is 121 cm³/mol. The number of benzene rings is 2. The third-order valence-corrected chi connectivity index (χ3v) is 5.74. The number of hydrogen-bond donors (Lipinski definition) is 2. The van der Waals surface area contributed by atoms with Crippen molar-refractivity contribution in [3.05, 3.63) is 70.9 Å². The summed E-state index contributed by atoms with van der Waals surface area (Å²) in [7, 11) is 0. The van der Waals surface area contributed by atoms with Crippen molar-refractivity contribution in [3.63, 3.8) is 0 Å². The van der Waals surface area contributed by atoms with Crippen molar-refractivity contribution in [2.75, 3.05) is 24.5 Å². The number of amides is 1. The summed E-state index contributed by atoms with van der Waals surface area (Å²) in [5, 5.41) is 13.6. The van der Waals surface area contributed by atoms with E-state index in [4.69, 9.17) is 0 Å². The summed E-state index contributed by atoms with van der Waals surface area (Å²) in [6.45, 7) is 4.69. The number of aromatic nitrogens is 1. The second-order valence-electron chi connectivity index (χ2n) is 7.77. The van der Waals surface area contributed by atoms with Crippen LogP contribution >= 0.6 is 0 Å². The normalized spacial score (nSPS) is 14.1.